The van der Waals surface area contributed by atoms with Crippen molar-refractivity contribution in [1.82, 2.24) is 0 Å². The standard InChI is InChI=1S/H12N9P3.H3O4P/c1-10(2)7-11(3,4)9-12(5,6)8-10;1-5(2,3)4/h1-6H2;(H3,1,2,3,4). The Morgan fingerprint density at radius 3 is 0.941 bits per heavy atom. The average molecular weight is 329 g/mol. The average Bonchev–Trinajstić information content (AvgIpc) is 1.65. The summed E-state index contributed by atoms with van der Waals surface area (Å²) in [4.78, 5) is 21.6. The van der Waals surface area contributed by atoms with Gasteiger partial charge in [-0.15, -0.1) is 0 Å². The van der Waals surface area contributed by atoms with E-state index in [2.05, 4.69) is 13.5 Å². The Hall–Kier alpha value is 0.560. The molecule has 0 unspecified atom stereocenters. The summed E-state index contributed by atoms with van der Waals surface area (Å²) in [6, 6.07) is 0. The van der Waals surface area contributed by atoms with E-state index in [-0.39, 0.29) is 0 Å². The largest absolute Gasteiger partial charge is 0.466 e. The van der Waals surface area contributed by atoms with Crippen molar-refractivity contribution < 1.29 is 19.2 Å². The van der Waals surface area contributed by atoms with E-state index in [4.69, 9.17) is 52.3 Å². The number of nitrogens with zero attached hydrogens (tertiary/aromatic N) is 3. The minimum atomic E-state index is -4.64. The highest BCUT2D eigenvalue weighted by Gasteiger charge is 2.23. The number of hydrogen-bond acceptors (Lipinski definition) is 10. The highest BCUT2D eigenvalue weighted by Crippen LogP contribution is 2.62. The van der Waals surface area contributed by atoms with Gasteiger partial charge in [-0.2, -0.15) is 13.5 Å². The van der Waals surface area contributed by atoms with Crippen LogP contribution in [0.2, 0.25) is 0 Å². The fraction of sp³-hybridized carbons (Fsp3) is 0. The van der Waals surface area contributed by atoms with Crippen LogP contribution in [-0.4, -0.2) is 14.7 Å². The van der Waals surface area contributed by atoms with Gasteiger partial charge >= 0.3 is 7.82 Å². The Labute approximate surface area is 96.8 Å². The molecule has 104 valence electrons. The molecule has 1 aliphatic heterocycles. The molecule has 15 N–H and O–H groups in total. The van der Waals surface area contributed by atoms with Gasteiger partial charge in [0.15, 0.2) is 0 Å². The Bertz CT molecular complexity index is 397. The van der Waals surface area contributed by atoms with Crippen LogP contribution < -0.4 is 33.0 Å². The molecule has 0 bridgehead atoms. The van der Waals surface area contributed by atoms with E-state index in [1.165, 1.54) is 0 Å². The minimum absolute atomic E-state index is 2.82. The lowest BCUT2D eigenvalue weighted by Crippen LogP contribution is -2.15. The molecule has 0 fully saturated rings. The van der Waals surface area contributed by atoms with Crippen LogP contribution in [-0.2, 0) is 4.57 Å². The van der Waals surface area contributed by atoms with Crippen molar-refractivity contribution >= 4 is 30.3 Å². The van der Waals surface area contributed by atoms with Crippen LogP contribution in [0, 0.1) is 0 Å². The second kappa shape index (κ2) is 5.28. The second-order valence-corrected chi connectivity index (χ2v) is 10.3. The monoisotopic (exact) mass is 329 g/mol. The first kappa shape index (κ1) is 17.6. The minimum Gasteiger partial charge on any atom is -0.303 e. The van der Waals surface area contributed by atoms with Gasteiger partial charge in [0.2, 0.25) is 22.5 Å². The molecule has 0 amide bonds. The van der Waals surface area contributed by atoms with Crippen molar-refractivity contribution in [1.29, 1.82) is 0 Å². The molecule has 1 aliphatic rings. The molecule has 13 nitrogen and oxygen atoms in total. The van der Waals surface area contributed by atoms with Crippen LogP contribution in [0.1, 0.15) is 0 Å². The van der Waals surface area contributed by atoms with E-state index in [9.17, 15) is 0 Å². The summed E-state index contributed by atoms with van der Waals surface area (Å²) in [6.45, 7) is 0. The van der Waals surface area contributed by atoms with Crippen LogP contribution >= 0.6 is 30.3 Å². The van der Waals surface area contributed by atoms with Crippen LogP contribution in [0.15, 0.2) is 13.5 Å². The summed E-state index contributed by atoms with van der Waals surface area (Å²) in [7, 11) is -13.1. The van der Waals surface area contributed by atoms with E-state index in [0.717, 1.165) is 0 Å². The van der Waals surface area contributed by atoms with Gasteiger partial charge in [0.1, 0.15) is 0 Å². The van der Waals surface area contributed by atoms with Gasteiger partial charge in [0.25, 0.3) is 0 Å². The zero-order chi connectivity index (χ0) is 14.1. The third-order valence-corrected chi connectivity index (χ3v) is 7.74. The third-order valence-electron chi connectivity index (χ3n) is 0.860. The molecular weight excluding hydrogens is 314 g/mol. The summed E-state index contributed by atoms with van der Waals surface area (Å²) in [5, 5.41) is 0. The lowest BCUT2D eigenvalue weighted by molar-refractivity contribution is 0.275. The van der Waals surface area contributed by atoms with Gasteiger partial charge in [-0.1, -0.05) is 0 Å². The zero-order valence-electron chi connectivity index (χ0n) is 8.34. The van der Waals surface area contributed by atoms with Gasteiger partial charge in [0.05, 0.1) is 0 Å². The van der Waals surface area contributed by atoms with Crippen molar-refractivity contribution in [2.45, 2.75) is 0 Å². The lowest BCUT2D eigenvalue weighted by Gasteiger charge is -2.23. The van der Waals surface area contributed by atoms with Crippen molar-refractivity contribution in [2.75, 3.05) is 0 Å². The fourth-order valence-electron chi connectivity index (χ4n) is 0.742. The molecule has 0 aliphatic carbocycles. The summed E-state index contributed by atoms with van der Waals surface area (Å²) >= 11 is 0. The molecule has 17 heavy (non-hydrogen) atoms. The Balaban J connectivity index is 0.000000437. The SMILES string of the molecule is NP1(N)=NP(N)(N)=NP(N)(N)=N1.O=P(O)(O)O. The van der Waals surface area contributed by atoms with Gasteiger partial charge < -0.3 is 14.7 Å². The molecular formula is H15N9O4P4. The van der Waals surface area contributed by atoms with Gasteiger partial charge in [-0.05, 0) is 0 Å². The Morgan fingerprint density at radius 1 is 0.706 bits per heavy atom. The zero-order valence-corrected chi connectivity index (χ0v) is 11.9. The van der Waals surface area contributed by atoms with E-state index >= 15 is 0 Å². The highest BCUT2D eigenvalue weighted by atomic mass is 31.3. The Morgan fingerprint density at radius 2 is 0.824 bits per heavy atom. The predicted octanol–water partition coefficient (Wildman–Crippen LogP) is -1.34. The predicted molar refractivity (Wildman–Crippen MR) is 67.4 cm³/mol. The number of phosphoric acid groups is 1. The van der Waals surface area contributed by atoms with Crippen molar-refractivity contribution in [3.63, 3.8) is 0 Å². The van der Waals surface area contributed by atoms with Crippen LogP contribution in [0.3, 0.4) is 0 Å². The second-order valence-electron chi connectivity index (χ2n) is 2.88. The first-order chi connectivity index (χ1) is 7.12. The first-order valence-electron chi connectivity index (χ1n) is 3.53. The molecule has 0 radical (unpaired) electrons. The number of rotatable bonds is 0. The lowest BCUT2D eigenvalue weighted by atomic mass is 13.7. The summed E-state index contributed by atoms with van der Waals surface area (Å²) in [5.74, 6) is 0. The maximum Gasteiger partial charge on any atom is 0.466 e. The molecule has 0 saturated carbocycles. The Kier molecular flexibility index (Phi) is 5.45. The maximum absolute atomic E-state index is 8.88. The molecule has 17 heteroatoms. The van der Waals surface area contributed by atoms with Crippen molar-refractivity contribution in [3.8, 4) is 0 Å². The van der Waals surface area contributed by atoms with Crippen LogP contribution in [0.4, 0.5) is 0 Å². The summed E-state index contributed by atoms with van der Waals surface area (Å²) in [5.41, 5.74) is 32.8. The highest BCUT2D eigenvalue weighted by molar-refractivity contribution is 7.82. The molecule has 0 atom stereocenters. The summed E-state index contributed by atoms with van der Waals surface area (Å²) < 4.78 is 20.0. The molecule has 0 spiro atoms. The maximum atomic E-state index is 8.88. The van der Waals surface area contributed by atoms with Crippen LogP contribution in [0.5, 0.6) is 0 Å². The van der Waals surface area contributed by atoms with Gasteiger partial charge in [0, 0.05) is 0 Å². The first-order valence-corrected chi connectivity index (χ1v) is 10.6. The van der Waals surface area contributed by atoms with E-state index in [0.29, 0.717) is 0 Å². The van der Waals surface area contributed by atoms with Gasteiger partial charge in [-0.3, -0.25) is 33.0 Å². The summed E-state index contributed by atoms with van der Waals surface area (Å²) in [6.07, 6.45) is 0. The van der Waals surface area contributed by atoms with E-state index < -0.39 is 30.3 Å². The van der Waals surface area contributed by atoms with E-state index in [1.54, 1.807) is 0 Å². The fourth-order valence-corrected chi connectivity index (χ4v) is 7.65. The van der Waals surface area contributed by atoms with Crippen molar-refractivity contribution in [2.24, 2.45) is 46.6 Å². The smallest absolute Gasteiger partial charge is 0.303 e. The molecule has 1 rings (SSSR count). The number of hydrogen-bond donors (Lipinski definition) is 9. The normalized spacial score (nSPS) is 24.3. The third kappa shape index (κ3) is 10.2. The number of nitrogens with two attached hydrogens (primary N) is 6. The molecule has 0 aromatic rings. The molecule has 0 saturated heterocycles. The van der Waals surface area contributed by atoms with E-state index in [1.807, 2.05) is 0 Å². The van der Waals surface area contributed by atoms with Gasteiger partial charge in [-0.25, -0.2) is 4.57 Å². The topological polar surface area (TPSA) is 271 Å². The quantitative estimate of drug-likeness (QED) is 0.236. The molecule has 0 aromatic heterocycles. The molecule has 0 aromatic carbocycles. The van der Waals surface area contributed by atoms with Crippen molar-refractivity contribution in [3.05, 3.63) is 0 Å². The molecule has 1 heterocycles. The van der Waals surface area contributed by atoms with Crippen LogP contribution in [0.25, 0.3) is 0 Å².